The van der Waals surface area contributed by atoms with Crippen LogP contribution in [0.5, 0.6) is 0 Å². The molecular formula is C18H17ClN2O4S2. The maximum atomic E-state index is 12.6. The molecule has 1 aromatic carbocycles. The lowest BCUT2D eigenvalue weighted by Crippen LogP contribution is -2.40. The second-order valence-corrected chi connectivity index (χ2v) is 9.39. The Morgan fingerprint density at radius 3 is 2.56 bits per heavy atom. The lowest BCUT2D eigenvalue weighted by molar-refractivity contribution is -0.118. The van der Waals surface area contributed by atoms with E-state index in [9.17, 15) is 18.0 Å². The highest BCUT2D eigenvalue weighted by Gasteiger charge is 2.34. The minimum Gasteiger partial charge on any atom is -0.311 e. The molecule has 27 heavy (non-hydrogen) atoms. The third-order valence-corrected chi connectivity index (χ3v) is 6.41. The summed E-state index contributed by atoms with van der Waals surface area (Å²) in [7, 11) is -3.77. The number of halogens is 1. The third kappa shape index (κ3) is 4.84. The number of carbonyl (C=O) groups is 2. The summed E-state index contributed by atoms with van der Waals surface area (Å²) in [5, 5.41) is 1.03. The summed E-state index contributed by atoms with van der Waals surface area (Å²) in [6.07, 6.45) is 1.81. The van der Waals surface area contributed by atoms with Gasteiger partial charge in [0, 0.05) is 28.1 Å². The molecule has 1 N–H and O–H groups in total. The van der Waals surface area contributed by atoms with Crippen molar-refractivity contribution >= 4 is 56.4 Å². The van der Waals surface area contributed by atoms with Gasteiger partial charge in [-0.25, -0.2) is 8.42 Å². The molecule has 1 saturated heterocycles. The lowest BCUT2D eigenvalue weighted by Gasteiger charge is -2.17. The van der Waals surface area contributed by atoms with Crippen LogP contribution in [0.4, 0.5) is 5.69 Å². The molecule has 1 aliphatic heterocycles. The predicted octanol–water partition coefficient (Wildman–Crippen LogP) is 3.30. The van der Waals surface area contributed by atoms with Crippen molar-refractivity contribution in [3.8, 4) is 0 Å². The van der Waals surface area contributed by atoms with Gasteiger partial charge in [-0.15, -0.1) is 11.3 Å². The largest absolute Gasteiger partial charge is 0.311 e. The lowest BCUT2D eigenvalue weighted by atomic mass is 10.1. The number of Topliss-reactive ketones (excluding diaryl/α,β-unsaturated/α-hetero) is 1. The molecule has 0 radical (unpaired) electrons. The Bertz CT molecular complexity index is 997. The van der Waals surface area contributed by atoms with Crippen LogP contribution in [0.3, 0.4) is 0 Å². The van der Waals surface area contributed by atoms with Gasteiger partial charge in [-0.1, -0.05) is 11.6 Å². The average Bonchev–Trinajstić information content (AvgIpc) is 3.19. The second-order valence-electron chi connectivity index (χ2n) is 6.04. The number of nitrogens with zero attached hydrogens (tertiary/aromatic N) is 1. The van der Waals surface area contributed by atoms with E-state index in [1.54, 1.807) is 36.4 Å². The van der Waals surface area contributed by atoms with E-state index in [2.05, 4.69) is 4.72 Å². The van der Waals surface area contributed by atoms with E-state index in [4.69, 9.17) is 11.6 Å². The molecule has 1 aromatic heterocycles. The van der Waals surface area contributed by atoms with Gasteiger partial charge >= 0.3 is 0 Å². The van der Waals surface area contributed by atoms with Gasteiger partial charge in [0.1, 0.15) is 6.04 Å². The Kier molecular flexibility index (Phi) is 5.81. The normalized spacial score (nSPS) is 17.8. The summed E-state index contributed by atoms with van der Waals surface area (Å²) in [5.41, 5.74) is 1.19. The van der Waals surface area contributed by atoms with Gasteiger partial charge in [-0.2, -0.15) is 4.72 Å². The number of sulfonamides is 1. The number of benzene rings is 1. The number of anilines is 1. The summed E-state index contributed by atoms with van der Waals surface area (Å²) >= 11 is 7.08. The zero-order valence-electron chi connectivity index (χ0n) is 14.4. The number of nitrogens with one attached hydrogen (secondary N) is 1. The maximum absolute atomic E-state index is 12.6. The van der Waals surface area contributed by atoms with Gasteiger partial charge in [0.25, 0.3) is 0 Å². The van der Waals surface area contributed by atoms with Crippen LogP contribution in [0, 0.1) is 0 Å². The Labute approximate surface area is 166 Å². The molecule has 9 heteroatoms. The van der Waals surface area contributed by atoms with Crippen LogP contribution in [-0.4, -0.2) is 32.7 Å². The third-order valence-electron chi connectivity index (χ3n) is 4.10. The summed E-state index contributed by atoms with van der Waals surface area (Å²) < 4.78 is 27.5. The SMILES string of the molecule is CC(=O)c1ccc(N2CCC(NS(=O)(=O)/C=C/c3ccc(Cl)s3)C2=O)cc1. The van der Waals surface area contributed by atoms with Crippen LogP contribution in [0.1, 0.15) is 28.6 Å². The average molecular weight is 425 g/mol. The fourth-order valence-corrected chi connectivity index (χ4v) is 4.80. The molecule has 1 aliphatic rings. The molecule has 1 fully saturated rings. The Morgan fingerprint density at radius 1 is 1.26 bits per heavy atom. The second kappa shape index (κ2) is 7.93. The molecule has 0 spiro atoms. The van der Waals surface area contributed by atoms with Crippen molar-refractivity contribution in [1.29, 1.82) is 0 Å². The van der Waals surface area contributed by atoms with Crippen molar-refractivity contribution in [2.24, 2.45) is 0 Å². The molecule has 6 nitrogen and oxygen atoms in total. The van der Waals surface area contributed by atoms with Gasteiger partial charge in [0.05, 0.1) is 4.34 Å². The first-order valence-electron chi connectivity index (χ1n) is 8.13. The van der Waals surface area contributed by atoms with Crippen molar-refractivity contribution in [2.75, 3.05) is 11.4 Å². The number of hydrogen-bond acceptors (Lipinski definition) is 5. The van der Waals surface area contributed by atoms with E-state index in [-0.39, 0.29) is 11.7 Å². The molecule has 0 bridgehead atoms. The minimum absolute atomic E-state index is 0.0567. The Hall–Kier alpha value is -2.00. The molecule has 142 valence electrons. The molecule has 0 saturated carbocycles. The fraction of sp³-hybridized carbons (Fsp3) is 0.222. The first-order valence-corrected chi connectivity index (χ1v) is 10.9. The first-order chi connectivity index (χ1) is 12.7. The van der Waals surface area contributed by atoms with E-state index in [1.807, 2.05) is 0 Å². The minimum atomic E-state index is -3.77. The van der Waals surface area contributed by atoms with Crippen molar-refractivity contribution in [2.45, 2.75) is 19.4 Å². The molecule has 2 aromatic rings. The molecule has 3 rings (SSSR count). The molecule has 1 atom stereocenters. The fourth-order valence-electron chi connectivity index (χ4n) is 2.73. The summed E-state index contributed by atoms with van der Waals surface area (Å²) in [6, 6.07) is 9.25. The quantitative estimate of drug-likeness (QED) is 0.721. The predicted molar refractivity (Wildman–Crippen MR) is 108 cm³/mol. The van der Waals surface area contributed by atoms with Crippen molar-refractivity contribution in [3.63, 3.8) is 0 Å². The number of amides is 1. The molecular weight excluding hydrogens is 408 g/mol. The first kappa shape index (κ1) is 19.8. The van der Waals surface area contributed by atoms with E-state index in [1.165, 1.54) is 29.2 Å². The van der Waals surface area contributed by atoms with Gasteiger partial charge in [-0.3, -0.25) is 9.59 Å². The number of ketones is 1. The molecule has 1 unspecified atom stereocenters. The van der Waals surface area contributed by atoms with E-state index < -0.39 is 16.1 Å². The highest BCUT2D eigenvalue weighted by atomic mass is 35.5. The number of hydrogen-bond donors (Lipinski definition) is 1. The molecule has 0 aliphatic carbocycles. The van der Waals surface area contributed by atoms with Crippen LogP contribution in [0.25, 0.3) is 6.08 Å². The van der Waals surface area contributed by atoms with Crippen LogP contribution in [0.2, 0.25) is 4.34 Å². The number of thiophene rings is 1. The number of rotatable bonds is 6. The topological polar surface area (TPSA) is 83.6 Å². The molecule has 2 heterocycles. The van der Waals surface area contributed by atoms with E-state index in [0.29, 0.717) is 33.4 Å². The monoisotopic (exact) mass is 424 g/mol. The Balaban J connectivity index is 1.67. The van der Waals surface area contributed by atoms with Crippen molar-refractivity contribution in [1.82, 2.24) is 4.72 Å². The highest BCUT2D eigenvalue weighted by Crippen LogP contribution is 2.24. The Morgan fingerprint density at radius 2 is 1.96 bits per heavy atom. The smallest absolute Gasteiger partial charge is 0.245 e. The summed E-state index contributed by atoms with van der Waals surface area (Å²) in [6.45, 7) is 1.87. The van der Waals surface area contributed by atoms with E-state index >= 15 is 0 Å². The van der Waals surface area contributed by atoms with Crippen molar-refractivity contribution in [3.05, 3.63) is 56.6 Å². The molecule has 1 amide bonds. The standard InChI is InChI=1S/C18H17ClN2O4S2/c1-12(22)13-2-4-14(5-3-13)21-10-8-16(18(21)23)20-27(24,25)11-9-15-6-7-17(19)26-15/h2-7,9,11,16,20H,8,10H2,1H3/b11-9+. The van der Waals surface area contributed by atoms with Crippen LogP contribution in [-0.2, 0) is 14.8 Å². The number of carbonyl (C=O) groups excluding carboxylic acids is 2. The van der Waals surface area contributed by atoms with E-state index in [0.717, 1.165) is 5.41 Å². The van der Waals surface area contributed by atoms with Crippen LogP contribution < -0.4 is 9.62 Å². The summed E-state index contributed by atoms with van der Waals surface area (Å²) in [5.74, 6) is -0.375. The van der Waals surface area contributed by atoms with Crippen molar-refractivity contribution < 1.29 is 18.0 Å². The van der Waals surface area contributed by atoms with Gasteiger partial charge in [-0.05, 0) is 55.8 Å². The van der Waals surface area contributed by atoms with Gasteiger partial charge in [0.15, 0.2) is 5.78 Å². The van der Waals surface area contributed by atoms with Crippen LogP contribution in [0.15, 0.2) is 41.8 Å². The summed E-state index contributed by atoms with van der Waals surface area (Å²) in [4.78, 5) is 26.1. The van der Waals surface area contributed by atoms with Gasteiger partial charge in [0.2, 0.25) is 15.9 Å². The van der Waals surface area contributed by atoms with Gasteiger partial charge < -0.3 is 4.90 Å². The zero-order chi connectivity index (χ0) is 19.6. The zero-order valence-corrected chi connectivity index (χ0v) is 16.8. The van der Waals surface area contributed by atoms with Crippen LogP contribution >= 0.6 is 22.9 Å². The highest BCUT2D eigenvalue weighted by molar-refractivity contribution is 7.92. The maximum Gasteiger partial charge on any atom is 0.245 e.